The van der Waals surface area contributed by atoms with E-state index < -0.39 is 10.0 Å². The summed E-state index contributed by atoms with van der Waals surface area (Å²) in [5, 5.41) is 3.79. The van der Waals surface area contributed by atoms with E-state index in [2.05, 4.69) is 5.32 Å². The van der Waals surface area contributed by atoms with Gasteiger partial charge in [-0.3, -0.25) is 4.31 Å². The molecule has 5 nitrogen and oxygen atoms in total. The number of anilines is 1. The Kier molecular flexibility index (Phi) is 4.83. The molecule has 1 N–H and O–H groups in total. The average molecular weight is 367 g/mol. The highest BCUT2D eigenvalue weighted by Crippen LogP contribution is 2.40. The van der Waals surface area contributed by atoms with Crippen molar-refractivity contribution in [2.45, 2.75) is 10.9 Å². The van der Waals surface area contributed by atoms with E-state index in [-0.39, 0.29) is 10.9 Å². The molecule has 1 aliphatic rings. The number of nitrogens with zero attached hydrogens (tertiary/aromatic N) is 1. The molecule has 128 valence electrons. The van der Waals surface area contributed by atoms with Crippen molar-refractivity contribution >= 4 is 27.3 Å². The number of sulfonamides is 1. The van der Waals surface area contributed by atoms with Crippen LogP contribution in [0.3, 0.4) is 0 Å². The highest BCUT2D eigenvalue weighted by atomic mass is 35.5. The number of hydrogen-bond acceptors (Lipinski definition) is 4. The van der Waals surface area contributed by atoms with Crippen LogP contribution in [0.4, 0.5) is 5.69 Å². The van der Waals surface area contributed by atoms with Crippen LogP contribution in [0.2, 0.25) is 5.02 Å². The SMILES string of the molecule is COCCNC1c2ccccc2N(C)S(=O)(=O)c2cc(Cl)ccc21. The third-order valence-corrected chi connectivity index (χ3v) is 6.23. The zero-order valence-corrected chi connectivity index (χ0v) is 15.1. The van der Waals surface area contributed by atoms with Crippen molar-refractivity contribution in [1.29, 1.82) is 0 Å². The molecular formula is C17H19ClN2O3S. The first-order valence-electron chi connectivity index (χ1n) is 7.56. The Morgan fingerprint density at radius 2 is 1.96 bits per heavy atom. The summed E-state index contributed by atoms with van der Waals surface area (Å²) in [6.07, 6.45) is 0. The Balaban J connectivity index is 2.24. The van der Waals surface area contributed by atoms with Crippen molar-refractivity contribution < 1.29 is 13.2 Å². The molecule has 0 aromatic heterocycles. The second-order valence-electron chi connectivity index (χ2n) is 5.59. The standard InChI is InChI=1S/C17H19ClN2O3S/c1-20-15-6-4-3-5-13(15)17(19-9-10-23-2)14-8-7-12(18)11-16(14)24(20,21)22/h3-8,11,17,19H,9-10H2,1-2H3. The number of halogens is 1. The molecular weight excluding hydrogens is 348 g/mol. The summed E-state index contributed by atoms with van der Waals surface area (Å²) in [5.74, 6) is 0. The maximum atomic E-state index is 13.0. The molecule has 2 aromatic rings. The van der Waals surface area contributed by atoms with E-state index in [1.54, 1.807) is 26.3 Å². The number of methoxy groups -OCH3 is 1. The van der Waals surface area contributed by atoms with Crippen LogP contribution in [-0.4, -0.2) is 35.7 Å². The molecule has 0 fully saturated rings. The molecule has 0 bridgehead atoms. The predicted molar refractivity (Wildman–Crippen MR) is 95.2 cm³/mol. The number of hydrogen-bond donors (Lipinski definition) is 1. The summed E-state index contributed by atoms with van der Waals surface area (Å²) < 4.78 is 32.5. The molecule has 1 aliphatic heterocycles. The van der Waals surface area contributed by atoms with Gasteiger partial charge in [-0.1, -0.05) is 35.9 Å². The summed E-state index contributed by atoms with van der Waals surface area (Å²) in [6, 6.07) is 12.2. The van der Waals surface area contributed by atoms with Crippen LogP contribution < -0.4 is 9.62 Å². The molecule has 1 heterocycles. The van der Waals surface area contributed by atoms with Gasteiger partial charge in [0.2, 0.25) is 0 Å². The van der Waals surface area contributed by atoms with Gasteiger partial charge in [0.25, 0.3) is 10.0 Å². The summed E-state index contributed by atoms with van der Waals surface area (Å²) >= 11 is 6.07. The first-order valence-corrected chi connectivity index (χ1v) is 9.38. The lowest BCUT2D eigenvalue weighted by Gasteiger charge is -2.21. The molecule has 7 heteroatoms. The lowest BCUT2D eigenvalue weighted by Crippen LogP contribution is -2.26. The van der Waals surface area contributed by atoms with Crippen LogP contribution in [0.1, 0.15) is 17.2 Å². The van der Waals surface area contributed by atoms with Crippen LogP contribution in [0.5, 0.6) is 0 Å². The zero-order chi connectivity index (χ0) is 17.3. The number of nitrogens with one attached hydrogen (secondary N) is 1. The smallest absolute Gasteiger partial charge is 0.264 e. The van der Waals surface area contributed by atoms with Crippen LogP contribution in [0.15, 0.2) is 47.4 Å². The van der Waals surface area contributed by atoms with Gasteiger partial charge >= 0.3 is 0 Å². The van der Waals surface area contributed by atoms with Gasteiger partial charge in [-0.25, -0.2) is 8.42 Å². The van der Waals surface area contributed by atoms with Crippen molar-refractivity contribution in [2.24, 2.45) is 0 Å². The van der Waals surface area contributed by atoms with Gasteiger partial charge < -0.3 is 10.1 Å². The molecule has 3 rings (SSSR count). The number of fused-ring (bicyclic) bond motifs is 2. The maximum Gasteiger partial charge on any atom is 0.264 e. The number of ether oxygens (including phenoxy) is 1. The Hall–Kier alpha value is -1.60. The van der Waals surface area contributed by atoms with Crippen molar-refractivity contribution in [1.82, 2.24) is 5.32 Å². The normalized spacial score (nSPS) is 18.6. The van der Waals surface area contributed by atoms with Crippen molar-refractivity contribution in [3.63, 3.8) is 0 Å². The van der Waals surface area contributed by atoms with E-state index in [1.165, 1.54) is 10.4 Å². The third-order valence-electron chi connectivity index (χ3n) is 4.17. The Labute approximate surface area is 147 Å². The molecule has 0 saturated heterocycles. The second kappa shape index (κ2) is 6.72. The monoisotopic (exact) mass is 366 g/mol. The largest absolute Gasteiger partial charge is 0.383 e. The van der Waals surface area contributed by atoms with Gasteiger partial charge in [-0.15, -0.1) is 0 Å². The number of para-hydroxylation sites is 1. The number of rotatable bonds is 4. The maximum absolute atomic E-state index is 13.0. The van der Waals surface area contributed by atoms with Gasteiger partial charge in [-0.2, -0.15) is 0 Å². The fraction of sp³-hybridized carbons (Fsp3) is 0.294. The molecule has 0 amide bonds. The van der Waals surface area contributed by atoms with Crippen molar-refractivity contribution in [3.05, 3.63) is 58.6 Å². The quantitative estimate of drug-likeness (QED) is 0.845. The Morgan fingerprint density at radius 3 is 2.71 bits per heavy atom. The van der Waals surface area contributed by atoms with Crippen LogP contribution in [-0.2, 0) is 14.8 Å². The van der Waals surface area contributed by atoms with Gasteiger partial charge in [0.1, 0.15) is 0 Å². The highest BCUT2D eigenvalue weighted by Gasteiger charge is 2.34. The summed E-state index contributed by atoms with van der Waals surface area (Å²) in [7, 11) is -0.480. The number of benzene rings is 2. The Morgan fingerprint density at radius 1 is 1.21 bits per heavy atom. The van der Waals surface area contributed by atoms with Crippen molar-refractivity contribution in [2.75, 3.05) is 31.6 Å². The van der Waals surface area contributed by atoms with Gasteiger partial charge in [-0.05, 0) is 29.3 Å². The summed E-state index contributed by atoms with van der Waals surface area (Å²) in [5.41, 5.74) is 2.24. The van der Waals surface area contributed by atoms with Crippen LogP contribution >= 0.6 is 11.6 Å². The topological polar surface area (TPSA) is 58.6 Å². The van der Waals surface area contributed by atoms with E-state index in [0.29, 0.717) is 29.4 Å². The van der Waals surface area contributed by atoms with Gasteiger partial charge in [0, 0.05) is 25.7 Å². The molecule has 2 aromatic carbocycles. The van der Waals surface area contributed by atoms with Gasteiger partial charge in [0.15, 0.2) is 0 Å². The van der Waals surface area contributed by atoms with Gasteiger partial charge in [0.05, 0.1) is 23.2 Å². The first-order chi connectivity index (χ1) is 11.5. The minimum Gasteiger partial charge on any atom is -0.383 e. The second-order valence-corrected chi connectivity index (χ2v) is 7.97. The lowest BCUT2D eigenvalue weighted by molar-refractivity contribution is 0.197. The molecule has 0 spiro atoms. The van der Waals surface area contributed by atoms with Crippen molar-refractivity contribution in [3.8, 4) is 0 Å². The molecule has 0 aliphatic carbocycles. The van der Waals surface area contributed by atoms with E-state index in [1.807, 2.05) is 24.3 Å². The van der Waals surface area contributed by atoms with E-state index in [4.69, 9.17) is 16.3 Å². The highest BCUT2D eigenvalue weighted by molar-refractivity contribution is 7.92. The summed E-state index contributed by atoms with van der Waals surface area (Å²) in [4.78, 5) is 0.226. The van der Waals surface area contributed by atoms with E-state index in [0.717, 1.165) is 5.56 Å². The molecule has 1 atom stereocenters. The fourth-order valence-electron chi connectivity index (χ4n) is 2.96. The zero-order valence-electron chi connectivity index (χ0n) is 13.5. The lowest BCUT2D eigenvalue weighted by atomic mass is 9.97. The van der Waals surface area contributed by atoms with E-state index in [9.17, 15) is 8.42 Å². The Bertz CT molecular complexity index is 855. The minimum atomic E-state index is -3.68. The molecule has 0 saturated carbocycles. The molecule has 1 unspecified atom stereocenters. The van der Waals surface area contributed by atoms with Crippen LogP contribution in [0.25, 0.3) is 0 Å². The molecule has 24 heavy (non-hydrogen) atoms. The van der Waals surface area contributed by atoms with Crippen LogP contribution in [0, 0.1) is 0 Å². The summed E-state index contributed by atoms with van der Waals surface area (Å²) in [6.45, 7) is 1.13. The third kappa shape index (κ3) is 2.91. The minimum absolute atomic E-state index is 0.226. The average Bonchev–Trinajstić information content (AvgIpc) is 2.64. The molecule has 0 radical (unpaired) electrons. The first kappa shape index (κ1) is 17.2. The fourth-order valence-corrected chi connectivity index (χ4v) is 4.67. The predicted octanol–water partition coefficient (Wildman–Crippen LogP) is 2.80. The van der Waals surface area contributed by atoms with E-state index >= 15 is 0 Å².